The lowest BCUT2D eigenvalue weighted by atomic mass is 10.2. The predicted octanol–water partition coefficient (Wildman–Crippen LogP) is 0.203. The minimum absolute atomic E-state index is 0.0777. The molecule has 1 aromatic rings. The first-order valence-corrected chi connectivity index (χ1v) is 6.11. The smallest absolute Gasteiger partial charge is 0.236 e. The number of carbonyl (C=O) groups is 1. The number of aromatic nitrogens is 2. The van der Waals surface area contributed by atoms with Gasteiger partial charge in [-0.05, 0) is 12.5 Å². The highest BCUT2D eigenvalue weighted by Gasteiger charge is 2.16. The van der Waals surface area contributed by atoms with Crippen LogP contribution in [0.15, 0.2) is 12.3 Å². The van der Waals surface area contributed by atoms with Crippen molar-refractivity contribution < 1.29 is 4.79 Å². The van der Waals surface area contributed by atoms with Gasteiger partial charge in [0.2, 0.25) is 5.91 Å². The molecule has 0 aliphatic carbocycles. The summed E-state index contributed by atoms with van der Waals surface area (Å²) in [7, 11) is 0. The third-order valence-electron chi connectivity index (χ3n) is 2.39. The Kier molecular flexibility index (Phi) is 5.44. The number of thiocarbonyl (C=S) groups is 1. The van der Waals surface area contributed by atoms with Crippen LogP contribution < -0.4 is 16.4 Å². The molecule has 0 aromatic carbocycles. The van der Waals surface area contributed by atoms with E-state index in [1.165, 1.54) is 6.20 Å². The Hall–Kier alpha value is -1.76. The van der Waals surface area contributed by atoms with Crippen molar-refractivity contribution in [3.63, 3.8) is 0 Å². The van der Waals surface area contributed by atoms with Crippen LogP contribution in [0.2, 0.25) is 0 Å². The van der Waals surface area contributed by atoms with Crippen LogP contribution in [0.3, 0.4) is 0 Å². The maximum absolute atomic E-state index is 11.1. The van der Waals surface area contributed by atoms with Crippen LogP contribution in [0, 0.1) is 0 Å². The number of hydrogen-bond donors (Lipinski definition) is 2. The Morgan fingerprint density at radius 3 is 2.78 bits per heavy atom. The van der Waals surface area contributed by atoms with E-state index in [2.05, 4.69) is 17.1 Å². The lowest BCUT2D eigenvalue weighted by molar-refractivity contribution is -0.116. The fourth-order valence-corrected chi connectivity index (χ4v) is 1.71. The van der Waals surface area contributed by atoms with Gasteiger partial charge in [-0.15, -0.1) is 5.10 Å². The summed E-state index contributed by atoms with van der Waals surface area (Å²) in [6.07, 6.45) is 3.43. The van der Waals surface area contributed by atoms with E-state index in [1.807, 2.05) is 0 Å². The zero-order valence-corrected chi connectivity index (χ0v) is 11.1. The Morgan fingerprint density at radius 2 is 2.22 bits per heavy atom. The SMILES string of the molecule is CCCCN(CC(N)=O)c1nnccc1C(N)=S. The number of nitrogens with zero attached hydrogens (tertiary/aromatic N) is 3. The molecule has 0 saturated carbocycles. The maximum Gasteiger partial charge on any atom is 0.236 e. The van der Waals surface area contributed by atoms with Gasteiger partial charge in [0.25, 0.3) is 0 Å². The Balaban J connectivity index is 3.03. The molecule has 0 aliphatic rings. The van der Waals surface area contributed by atoms with Crippen LogP contribution in [0.4, 0.5) is 5.82 Å². The van der Waals surface area contributed by atoms with E-state index < -0.39 is 5.91 Å². The fourth-order valence-electron chi connectivity index (χ4n) is 1.55. The van der Waals surface area contributed by atoms with Crippen LogP contribution in [0.1, 0.15) is 25.3 Å². The first-order chi connectivity index (χ1) is 8.56. The van der Waals surface area contributed by atoms with E-state index in [0.717, 1.165) is 12.8 Å². The van der Waals surface area contributed by atoms with Crippen LogP contribution in [-0.4, -0.2) is 34.2 Å². The normalized spacial score (nSPS) is 10.1. The van der Waals surface area contributed by atoms with E-state index in [0.29, 0.717) is 17.9 Å². The summed E-state index contributed by atoms with van der Waals surface area (Å²) in [6, 6.07) is 1.69. The molecule has 18 heavy (non-hydrogen) atoms. The van der Waals surface area contributed by atoms with Gasteiger partial charge in [0.05, 0.1) is 18.3 Å². The first-order valence-electron chi connectivity index (χ1n) is 5.71. The van der Waals surface area contributed by atoms with Gasteiger partial charge in [-0.2, -0.15) is 5.10 Å². The Labute approximate surface area is 111 Å². The van der Waals surface area contributed by atoms with Crippen LogP contribution in [-0.2, 0) is 4.79 Å². The maximum atomic E-state index is 11.1. The molecule has 1 aromatic heterocycles. The summed E-state index contributed by atoms with van der Waals surface area (Å²) in [6.45, 7) is 2.80. The number of nitrogens with two attached hydrogens (primary N) is 2. The molecular weight excluding hydrogens is 250 g/mol. The number of amides is 1. The second-order valence-electron chi connectivity index (χ2n) is 3.87. The van der Waals surface area contributed by atoms with Gasteiger partial charge < -0.3 is 16.4 Å². The van der Waals surface area contributed by atoms with E-state index in [-0.39, 0.29) is 11.5 Å². The zero-order valence-electron chi connectivity index (χ0n) is 10.3. The van der Waals surface area contributed by atoms with Crippen LogP contribution >= 0.6 is 12.2 Å². The van der Waals surface area contributed by atoms with Crippen molar-refractivity contribution >= 4 is 28.9 Å². The van der Waals surface area contributed by atoms with Gasteiger partial charge in [0.15, 0.2) is 5.82 Å². The summed E-state index contributed by atoms with van der Waals surface area (Å²) in [4.78, 5) is 13.1. The van der Waals surface area contributed by atoms with Crippen molar-refractivity contribution in [3.05, 3.63) is 17.8 Å². The molecule has 7 heteroatoms. The van der Waals surface area contributed by atoms with Crippen molar-refractivity contribution in [1.82, 2.24) is 10.2 Å². The summed E-state index contributed by atoms with van der Waals surface area (Å²) < 4.78 is 0. The van der Waals surface area contributed by atoms with Crippen LogP contribution in [0.25, 0.3) is 0 Å². The highest BCUT2D eigenvalue weighted by Crippen LogP contribution is 2.16. The average Bonchev–Trinajstić information content (AvgIpc) is 2.34. The molecule has 0 unspecified atom stereocenters. The zero-order chi connectivity index (χ0) is 13.5. The molecule has 1 amide bonds. The second kappa shape index (κ2) is 6.85. The van der Waals surface area contributed by atoms with E-state index in [4.69, 9.17) is 23.7 Å². The van der Waals surface area contributed by atoms with Crippen molar-refractivity contribution in [2.75, 3.05) is 18.0 Å². The predicted molar refractivity (Wildman–Crippen MR) is 74.2 cm³/mol. The summed E-state index contributed by atoms with van der Waals surface area (Å²) >= 11 is 4.96. The van der Waals surface area contributed by atoms with Gasteiger partial charge in [-0.3, -0.25) is 4.79 Å². The molecule has 98 valence electrons. The van der Waals surface area contributed by atoms with Gasteiger partial charge in [0, 0.05) is 6.54 Å². The quantitative estimate of drug-likeness (QED) is 0.685. The number of hydrogen-bond acceptors (Lipinski definition) is 5. The molecular formula is C11H17N5OS. The average molecular weight is 267 g/mol. The molecule has 0 saturated heterocycles. The van der Waals surface area contributed by atoms with Gasteiger partial charge in [-0.1, -0.05) is 25.6 Å². The number of unbranched alkanes of at least 4 members (excludes halogenated alkanes) is 1. The number of primary amides is 1. The van der Waals surface area contributed by atoms with E-state index in [9.17, 15) is 4.79 Å². The molecule has 0 atom stereocenters. The topological polar surface area (TPSA) is 98.1 Å². The van der Waals surface area contributed by atoms with Crippen molar-refractivity contribution in [1.29, 1.82) is 0 Å². The molecule has 4 N–H and O–H groups in total. The van der Waals surface area contributed by atoms with Gasteiger partial charge >= 0.3 is 0 Å². The molecule has 1 rings (SSSR count). The third kappa shape index (κ3) is 3.92. The summed E-state index contributed by atoms with van der Waals surface area (Å²) in [5, 5.41) is 7.81. The largest absolute Gasteiger partial charge is 0.389 e. The monoisotopic (exact) mass is 267 g/mol. The highest BCUT2D eigenvalue weighted by molar-refractivity contribution is 7.80. The molecule has 0 fully saturated rings. The van der Waals surface area contributed by atoms with Gasteiger partial charge in [-0.25, -0.2) is 0 Å². The summed E-state index contributed by atoms with van der Waals surface area (Å²) in [5.74, 6) is 0.0860. The highest BCUT2D eigenvalue weighted by atomic mass is 32.1. The first kappa shape index (κ1) is 14.3. The molecule has 0 spiro atoms. The molecule has 1 heterocycles. The minimum Gasteiger partial charge on any atom is -0.389 e. The Bertz CT molecular complexity index is 437. The van der Waals surface area contributed by atoms with Gasteiger partial charge in [0.1, 0.15) is 4.99 Å². The minimum atomic E-state index is -0.425. The van der Waals surface area contributed by atoms with Crippen molar-refractivity contribution in [2.45, 2.75) is 19.8 Å². The van der Waals surface area contributed by atoms with E-state index in [1.54, 1.807) is 11.0 Å². The molecule has 0 radical (unpaired) electrons. The Morgan fingerprint density at radius 1 is 1.50 bits per heavy atom. The summed E-state index contributed by atoms with van der Waals surface area (Å²) in [5.41, 5.74) is 11.5. The standard InChI is InChI=1S/C11H17N5OS/c1-2-3-6-16(7-9(12)17)11-8(10(13)18)4-5-14-15-11/h4-5H,2-3,6-7H2,1H3,(H2,12,17)(H2,13,18). The number of anilines is 1. The molecule has 0 aliphatic heterocycles. The third-order valence-corrected chi connectivity index (χ3v) is 2.61. The lowest BCUT2D eigenvalue weighted by Crippen LogP contribution is -2.36. The molecule has 0 bridgehead atoms. The second-order valence-corrected chi connectivity index (χ2v) is 4.31. The number of rotatable bonds is 7. The van der Waals surface area contributed by atoms with Crippen molar-refractivity contribution in [3.8, 4) is 0 Å². The molecule has 6 nitrogen and oxygen atoms in total. The van der Waals surface area contributed by atoms with E-state index >= 15 is 0 Å². The van der Waals surface area contributed by atoms with Crippen LogP contribution in [0.5, 0.6) is 0 Å². The fraction of sp³-hybridized carbons (Fsp3) is 0.455. The van der Waals surface area contributed by atoms with Crippen molar-refractivity contribution in [2.24, 2.45) is 11.5 Å². The lowest BCUT2D eigenvalue weighted by Gasteiger charge is -2.23. The number of carbonyl (C=O) groups excluding carboxylic acids is 1.